The molecule has 222 valence electrons. The van der Waals surface area contributed by atoms with Gasteiger partial charge in [0.2, 0.25) is 5.91 Å². The Hall–Kier alpha value is -4.42. The molecule has 0 saturated carbocycles. The minimum absolute atomic E-state index is 0.00986. The third-order valence-electron chi connectivity index (χ3n) is 7.20. The largest absolute Gasteiger partial charge is 0.490 e. The molecule has 1 aliphatic heterocycles. The topological polar surface area (TPSA) is 98.3 Å². The number of fused-ring (bicyclic) bond motifs is 2. The van der Waals surface area contributed by atoms with Gasteiger partial charge in [0.05, 0.1) is 41.5 Å². The first-order valence-electron chi connectivity index (χ1n) is 13.7. The molecule has 1 N–H and O–H groups in total. The number of aromatic nitrogens is 5. The van der Waals surface area contributed by atoms with E-state index in [1.807, 2.05) is 46.9 Å². The summed E-state index contributed by atoms with van der Waals surface area (Å²) in [5, 5.41) is 17.8. The van der Waals surface area contributed by atoms with Crippen LogP contribution in [0.5, 0.6) is 5.75 Å². The van der Waals surface area contributed by atoms with Crippen molar-refractivity contribution in [2.45, 2.75) is 39.0 Å². The highest BCUT2D eigenvalue weighted by atomic mass is 32.1. The van der Waals surface area contributed by atoms with Gasteiger partial charge in [0.25, 0.3) is 0 Å². The summed E-state index contributed by atoms with van der Waals surface area (Å²) in [6.07, 6.45) is 4.81. The van der Waals surface area contributed by atoms with E-state index < -0.39 is 17.2 Å². The molecule has 6 rings (SSSR count). The van der Waals surface area contributed by atoms with Crippen LogP contribution in [-0.4, -0.2) is 59.0 Å². The second kappa shape index (κ2) is 10.7. The second-order valence-electron chi connectivity index (χ2n) is 11.4. The van der Waals surface area contributed by atoms with Crippen molar-refractivity contribution in [2.24, 2.45) is 7.05 Å². The smallest absolute Gasteiger partial charge is 0.246 e. The van der Waals surface area contributed by atoms with Gasteiger partial charge in [0.15, 0.2) is 0 Å². The molecule has 5 aromatic rings. The molecule has 0 aliphatic carbocycles. The van der Waals surface area contributed by atoms with Crippen LogP contribution in [0.15, 0.2) is 54.8 Å². The van der Waals surface area contributed by atoms with E-state index in [-0.39, 0.29) is 29.9 Å². The van der Waals surface area contributed by atoms with Crippen molar-refractivity contribution in [1.29, 1.82) is 0 Å². The first-order valence-corrected chi connectivity index (χ1v) is 14.6. The number of carbonyl (C=O) groups excluding carboxylic acids is 1. The van der Waals surface area contributed by atoms with Crippen molar-refractivity contribution in [2.75, 3.05) is 13.2 Å². The van der Waals surface area contributed by atoms with Crippen LogP contribution in [0.4, 0.5) is 8.78 Å². The summed E-state index contributed by atoms with van der Waals surface area (Å²) in [5.41, 5.74) is 1.93. The maximum atomic E-state index is 15.9. The number of rotatable bonds is 7. The Bertz CT molecular complexity index is 1890. The van der Waals surface area contributed by atoms with E-state index in [9.17, 15) is 14.3 Å². The molecule has 4 aromatic heterocycles. The molecule has 0 bridgehead atoms. The normalized spacial score (nSPS) is 15.1. The van der Waals surface area contributed by atoms with Gasteiger partial charge < -0.3 is 19.3 Å². The van der Waals surface area contributed by atoms with Gasteiger partial charge in [0.1, 0.15) is 41.1 Å². The van der Waals surface area contributed by atoms with Gasteiger partial charge in [-0.3, -0.25) is 9.48 Å². The number of imidazole rings is 1. The highest BCUT2D eigenvalue weighted by Gasteiger charge is 2.31. The highest BCUT2D eigenvalue weighted by Crippen LogP contribution is 2.47. The van der Waals surface area contributed by atoms with E-state index in [1.165, 1.54) is 17.4 Å². The van der Waals surface area contributed by atoms with Crippen LogP contribution in [0, 0.1) is 11.6 Å². The lowest BCUT2D eigenvalue weighted by Gasteiger charge is -2.31. The van der Waals surface area contributed by atoms with Gasteiger partial charge in [-0.15, -0.1) is 11.3 Å². The lowest BCUT2D eigenvalue weighted by Crippen LogP contribution is -2.39. The zero-order chi connectivity index (χ0) is 30.6. The molecule has 12 heteroatoms. The number of aryl methyl sites for hydroxylation is 1. The predicted octanol–water partition coefficient (Wildman–Crippen LogP) is 5.74. The fourth-order valence-corrected chi connectivity index (χ4v) is 6.28. The van der Waals surface area contributed by atoms with E-state index in [0.29, 0.717) is 46.1 Å². The van der Waals surface area contributed by atoms with Crippen LogP contribution in [0.2, 0.25) is 0 Å². The third kappa shape index (κ3) is 5.32. The summed E-state index contributed by atoms with van der Waals surface area (Å²) in [4.78, 5) is 23.7. The fraction of sp³-hybridized carbons (Fsp3) is 0.290. The van der Waals surface area contributed by atoms with E-state index in [2.05, 4.69) is 11.6 Å². The number of pyridine rings is 1. The van der Waals surface area contributed by atoms with Crippen LogP contribution in [-0.2, 0) is 18.4 Å². The van der Waals surface area contributed by atoms with Gasteiger partial charge in [0, 0.05) is 47.6 Å². The Morgan fingerprint density at radius 1 is 1.23 bits per heavy atom. The molecule has 1 aliphatic rings. The van der Waals surface area contributed by atoms with Crippen molar-refractivity contribution >= 4 is 27.3 Å². The van der Waals surface area contributed by atoms with Crippen LogP contribution in [0.25, 0.3) is 44.0 Å². The lowest BCUT2D eigenvalue weighted by atomic mass is 9.97. The lowest BCUT2D eigenvalue weighted by molar-refractivity contribution is -0.127. The monoisotopic (exact) mass is 604 g/mol. The standard InChI is InChI=1S/C31H30F2N6O3S/c1-6-25(40)38-12-17(2)39-19(13-38)11-22(36-39)29-27(26-21(33)9-18(32)10-24(26)42-15-31(3,4)41)30-20(7-8-43-30)28(35-29)23-14-37(5)16-34-23/h6-11,14,16-17,41H,1,12-13,15H2,2-5H3. The van der Waals surface area contributed by atoms with Gasteiger partial charge in [-0.1, -0.05) is 6.58 Å². The maximum Gasteiger partial charge on any atom is 0.246 e. The van der Waals surface area contributed by atoms with Gasteiger partial charge in [-0.2, -0.15) is 5.10 Å². The Kier molecular flexibility index (Phi) is 7.13. The maximum absolute atomic E-state index is 15.9. The molecule has 0 saturated heterocycles. The second-order valence-corrected chi connectivity index (χ2v) is 12.3. The molecule has 43 heavy (non-hydrogen) atoms. The van der Waals surface area contributed by atoms with Crippen molar-refractivity contribution in [3.63, 3.8) is 0 Å². The Morgan fingerprint density at radius 2 is 2.02 bits per heavy atom. The molecule has 1 amide bonds. The van der Waals surface area contributed by atoms with Crippen molar-refractivity contribution < 1.29 is 23.4 Å². The molecular weight excluding hydrogens is 574 g/mol. The van der Waals surface area contributed by atoms with Crippen molar-refractivity contribution in [3.8, 4) is 39.7 Å². The zero-order valence-electron chi connectivity index (χ0n) is 24.1. The molecule has 1 aromatic carbocycles. The number of carbonyl (C=O) groups is 1. The van der Waals surface area contributed by atoms with Crippen LogP contribution in [0.3, 0.4) is 0 Å². The van der Waals surface area contributed by atoms with Gasteiger partial charge in [-0.25, -0.2) is 18.7 Å². The summed E-state index contributed by atoms with van der Waals surface area (Å²) in [6.45, 7) is 9.23. The Balaban J connectivity index is 1.63. The van der Waals surface area contributed by atoms with Crippen LogP contribution >= 0.6 is 11.3 Å². The van der Waals surface area contributed by atoms with Crippen LogP contribution in [0.1, 0.15) is 32.5 Å². The summed E-state index contributed by atoms with van der Waals surface area (Å²) in [6, 6.07) is 5.51. The molecule has 0 fully saturated rings. The summed E-state index contributed by atoms with van der Waals surface area (Å²) >= 11 is 1.38. The molecule has 0 radical (unpaired) electrons. The molecule has 0 spiro atoms. The Morgan fingerprint density at radius 3 is 2.72 bits per heavy atom. The number of halogens is 2. The summed E-state index contributed by atoms with van der Waals surface area (Å²) in [7, 11) is 1.86. The quantitative estimate of drug-likeness (QED) is 0.238. The minimum Gasteiger partial charge on any atom is -0.490 e. The average Bonchev–Trinajstić information content (AvgIpc) is 3.70. The zero-order valence-corrected chi connectivity index (χ0v) is 25.0. The molecular formula is C31H30F2N6O3S. The number of amides is 1. The number of thiophene rings is 1. The number of aliphatic hydroxyl groups is 1. The van der Waals surface area contributed by atoms with Crippen molar-refractivity contribution in [3.05, 3.63) is 72.2 Å². The number of hydrogen-bond donors (Lipinski definition) is 1. The SMILES string of the molecule is C=CC(=O)N1Cc2cc(-c3nc(-c4cn(C)cn4)c4ccsc4c3-c3c(F)cc(F)cc3OCC(C)(C)O)nn2C(C)C1. The van der Waals surface area contributed by atoms with E-state index >= 15 is 4.39 Å². The predicted molar refractivity (Wildman–Crippen MR) is 161 cm³/mol. The number of hydrogen-bond acceptors (Lipinski definition) is 7. The molecule has 1 atom stereocenters. The van der Waals surface area contributed by atoms with E-state index in [0.717, 1.165) is 23.2 Å². The van der Waals surface area contributed by atoms with Crippen LogP contribution < -0.4 is 4.74 Å². The molecule has 1 unspecified atom stereocenters. The summed E-state index contributed by atoms with van der Waals surface area (Å²) in [5.74, 6) is -1.90. The van der Waals surface area contributed by atoms with E-state index in [4.69, 9.17) is 14.8 Å². The van der Waals surface area contributed by atoms with Gasteiger partial charge in [-0.05, 0) is 44.4 Å². The van der Waals surface area contributed by atoms with E-state index in [1.54, 1.807) is 25.1 Å². The fourth-order valence-electron chi connectivity index (χ4n) is 5.34. The molecule has 5 heterocycles. The minimum atomic E-state index is -1.25. The third-order valence-corrected chi connectivity index (χ3v) is 8.13. The number of benzene rings is 1. The first-order chi connectivity index (χ1) is 20.4. The number of nitrogens with zero attached hydrogens (tertiary/aromatic N) is 6. The van der Waals surface area contributed by atoms with Gasteiger partial charge >= 0.3 is 0 Å². The molecule has 9 nitrogen and oxygen atoms in total. The highest BCUT2D eigenvalue weighted by molar-refractivity contribution is 7.18. The number of ether oxygens (including phenoxy) is 1. The van der Waals surface area contributed by atoms with Crippen molar-refractivity contribution in [1.82, 2.24) is 29.2 Å². The average molecular weight is 605 g/mol. The summed E-state index contributed by atoms with van der Waals surface area (Å²) < 4.78 is 40.7. The Labute approximate surface area is 250 Å². The first kappa shape index (κ1) is 28.7.